The maximum atomic E-state index is 5.28. The number of aromatic nitrogens is 5. The standard InChI is InChI=1S/C16H20N6O/c1-3-22-11-19-20-15(22)10-17-8-13-9-18-21-16(13)12-5-4-6-14(7-12)23-2/h4-7,9,11,17H,3,8,10H2,1-2H3,(H,18,21). The Balaban J connectivity index is 1.69. The Labute approximate surface area is 134 Å². The van der Waals surface area contributed by atoms with Crippen molar-refractivity contribution in [3.63, 3.8) is 0 Å². The molecule has 2 N–H and O–H groups in total. The third kappa shape index (κ3) is 3.40. The molecule has 7 heteroatoms. The third-order valence-electron chi connectivity index (χ3n) is 3.71. The molecule has 23 heavy (non-hydrogen) atoms. The minimum Gasteiger partial charge on any atom is -0.497 e. The summed E-state index contributed by atoms with van der Waals surface area (Å²) in [7, 11) is 1.67. The molecule has 3 rings (SSSR count). The first-order chi connectivity index (χ1) is 11.3. The number of nitrogens with zero attached hydrogens (tertiary/aromatic N) is 4. The van der Waals surface area contributed by atoms with Gasteiger partial charge in [0.15, 0.2) is 0 Å². The molecule has 0 amide bonds. The van der Waals surface area contributed by atoms with E-state index in [0.717, 1.165) is 34.9 Å². The van der Waals surface area contributed by atoms with Crippen LogP contribution in [0.25, 0.3) is 11.3 Å². The van der Waals surface area contributed by atoms with Gasteiger partial charge in [0.05, 0.1) is 25.5 Å². The summed E-state index contributed by atoms with van der Waals surface area (Å²) in [5.41, 5.74) is 3.14. The number of rotatable bonds is 7. The molecule has 1 aromatic carbocycles. The molecule has 0 unspecified atom stereocenters. The van der Waals surface area contributed by atoms with Crippen molar-refractivity contribution < 1.29 is 4.74 Å². The van der Waals surface area contributed by atoms with Crippen molar-refractivity contribution in [2.45, 2.75) is 26.6 Å². The van der Waals surface area contributed by atoms with Crippen LogP contribution in [-0.4, -0.2) is 32.1 Å². The van der Waals surface area contributed by atoms with E-state index in [4.69, 9.17) is 4.74 Å². The van der Waals surface area contributed by atoms with Gasteiger partial charge in [-0.3, -0.25) is 5.10 Å². The van der Waals surface area contributed by atoms with Crippen LogP contribution in [0.5, 0.6) is 5.75 Å². The van der Waals surface area contributed by atoms with Crippen molar-refractivity contribution in [1.29, 1.82) is 0 Å². The van der Waals surface area contributed by atoms with Gasteiger partial charge in [-0.15, -0.1) is 10.2 Å². The van der Waals surface area contributed by atoms with Crippen molar-refractivity contribution in [2.75, 3.05) is 7.11 Å². The van der Waals surface area contributed by atoms with Gasteiger partial charge >= 0.3 is 0 Å². The van der Waals surface area contributed by atoms with E-state index in [1.54, 1.807) is 13.4 Å². The summed E-state index contributed by atoms with van der Waals surface area (Å²) in [6, 6.07) is 7.92. The molecule has 0 spiro atoms. The fourth-order valence-electron chi connectivity index (χ4n) is 2.46. The predicted molar refractivity (Wildman–Crippen MR) is 86.8 cm³/mol. The highest BCUT2D eigenvalue weighted by atomic mass is 16.5. The Morgan fingerprint density at radius 1 is 1.30 bits per heavy atom. The highest BCUT2D eigenvalue weighted by molar-refractivity contribution is 5.64. The van der Waals surface area contributed by atoms with E-state index in [2.05, 4.69) is 32.6 Å². The SMILES string of the molecule is CCn1cnnc1CNCc1cn[nH]c1-c1cccc(OC)c1. The smallest absolute Gasteiger partial charge is 0.146 e. The monoisotopic (exact) mass is 312 g/mol. The van der Waals surface area contributed by atoms with Crippen LogP contribution in [0.3, 0.4) is 0 Å². The number of benzene rings is 1. The second-order valence-electron chi connectivity index (χ2n) is 5.14. The molecular weight excluding hydrogens is 292 g/mol. The van der Waals surface area contributed by atoms with E-state index in [1.165, 1.54) is 0 Å². The largest absolute Gasteiger partial charge is 0.497 e. The molecule has 0 fully saturated rings. The van der Waals surface area contributed by atoms with Crippen LogP contribution < -0.4 is 10.1 Å². The van der Waals surface area contributed by atoms with Crippen molar-refractivity contribution >= 4 is 0 Å². The van der Waals surface area contributed by atoms with E-state index >= 15 is 0 Å². The van der Waals surface area contributed by atoms with Gasteiger partial charge in [-0.05, 0) is 19.1 Å². The lowest BCUT2D eigenvalue weighted by Gasteiger charge is -2.07. The van der Waals surface area contributed by atoms with E-state index in [-0.39, 0.29) is 0 Å². The van der Waals surface area contributed by atoms with Crippen LogP contribution in [-0.2, 0) is 19.6 Å². The molecule has 2 aromatic heterocycles. The van der Waals surface area contributed by atoms with Crippen LogP contribution in [0.15, 0.2) is 36.8 Å². The van der Waals surface area contributed by atoms with Crippen molar-refractivity contribution in [1.82, 2.24) is 30.3 Å². The molecule has 2 heterocycles. The summed E-state index contributed by atoms with van der Waals surface area (Å²) in [5, 5.41) is 18.7. The Hall–Kier alpha value is -2.67. The van der Waals surface area contributed by atoms with Crippen molar-refractivity contribution in [3.8, 4) is 17.0 Å². The van der Waals surface area contributed by atoms with Gasteiger partial charge < -0.3 is 14.6 Å². The number of aryl methyl sites for hydroxylation is 1. The highest BCUT2D eigenvalue weighted by Gasteiger charge is 2.09. The van der Waals surface area contributed by atoms with E-state index in [0.29, 0.717) is 13.1 Å². The fraction of sp³-hybridized carbons (Fsp3) is 0.312. The van der Waals surface area contributed by atoms with Crippen molar-refractivity contribution in [2.24, 2.45) is 0 Å². The summed E-state index contributed by atoms with van der Waals surface area (Å²) in [6.07, 6.45) is 3.59. The third-order valence-corrected chi connectivity index (χ3v) is 3.71. The van der Waals surface area contributed by atoms with Gasteiger partial charge in [0, 0.05) is 24.2 Å². The maximum absolute atomic E-state index is 5.28. The Morgan fingerprint density at radius 2 is 2.22 bits per heavy atom. The zero-order valence-electron chi connectivity index (χ0n) is 13.3. The van der Waals surface area contributed by atoms with Gasteiger partial charge in [-0.2, -0.15) is 5.10 Å². The summed E-state index contributed by atoms with van der Waals surface area (Å²) in [5.74, 6) is 1.76. The lowest BCUT2D eigenvalue weighted by molar-refractivity contribution is 0.415. The Morgan fingerprint density at radius 3 is 3.04 bits per heavy atom. The van der Waals surface area contributed by atoms with Gasteiger partial charge in [-0.25, -0.2) is 0 Å². The van der Waals surface area contributed by atoms with Gasteiger partial charge in [0.2, 0.25) is 0 Å². The summed E-state index contributed by atoms with van der Waals surface area (Å²) in [6.45, 7) is 4.30. The van der Waals surface area contributed by atoms with Crippen LogP contribution in [0.1, 0.15) is 18.3 Å². The van der Waals surface area contributed by atoms with E-state index in [9.17, 15) is 0 Å². The molecule has 7 nitrogen and oxygen atoms in total. The average Bonchev–Trinajstić information content (AvgIpc) is 3.24. The number of H-pyrrole nitrogens is 1. The highest BCUT2D eigenvalue weighted by Crippen LogP contribution is 2.24. The van der Waals surface area contributed by atoms with Gasteiger partial charge in [-0.1, -0.05) is 12.1 Å². The van der Waals surface area contributed by atoms with Crippen LogP contribution >= 0.6 is 0 Å². The molecule has 120 valence electrons. The molecule has 0 aliphatic rings. The molecule has 0 aliphatic carbocycles. The zero-order valence-corrected chi connectivity index (χ0v) is 13.3. The van der Waals surface area contributed by atoms with Crippen LogP contribution in [0.2, 0.25) is 0 Å². The number of ether oxygens (including phenoxy) is 1. The second-order valence-corrected chi connectivity index (χ2v) is 5.14. The number of aromatic amines is 1. The first-order valence-corrected chi connectivity index (χ1v) is 7.56. The minimum absolute atomic E-state index is 0.663. The quantitative estimate of drug-likeness (QED) is 0.697. The molecule has 0 radical (unpaired) electrons. The topological polar surface area (TPSA) is 80.7 Å². The van der Waals surface area contributed by atoms with Gasteiger partial charge in [0.1, 0.15) is 17.9 Å². The first-order valence-electron chi connectivity index (χ1n) is 7.56. The molecule has 3 aromatic rings. The summed E-state index contributed by atoms with van der Waals surface area (Å²) in [4.78, 5) is 0. The number of methoxy groups -OCH3 is 1. The van der Waals surface area contributed by atoms with Gasteiger partial charge in [0.25, 0.3) is 0 Å². The number of hydrogen-bond acceptors (Lipinski definition) is 5. The maximum Gasteiger partial charge on any atom is 0.146 e. The van der Waals surface area contributed by atoms with E-state index < -0.39 is 0 Å². The van der Waals surface area contributed by atoms with Crippen LogP contribution in [0, 0.1) is 0 Å². The number of hydrogen-bond donors (Lipinski definition) is 2. The normalized spacial score (nSPS) is 10.9. The van der Waals surface area contributed by atoms with Crippen LogP contribution in [0.4, 0.5) is 0 Å². The number of nitrogens with one attached hydrogen (secondary N) is 2. The van der Waals surface area contributed by atoms with Crippen molar-refractivity contribution in [3.05, 3.63) is 48.2 Å². The molecule has 0 aliphatic heterocycles. The first kappa shape index (κ1) is 15.2. The molecule has 0 bridgehead atoms. The summed E-state index contributed by atoms with van der Waals surface area (Å²) < 4.78 is 7.30. The lowest BCUT2D eigenvalue weighted by atomic mass is 10.1. The molecular formula is C16H20N6O. The minimum atomic E-state index is 0.663. The van der Waals surface area contributed by atoms with E-state index in [1.807, 2.05) is 35.0 Å². The molecule has 0 saturated heterocycles. The Kier molecular flexibility index (Phi) is 4.68. The fourth-order valence-corrected chi connectivity index (χ4v) is 2.46. The summed E-state index contributed by atoms with van der Waals surface area (Å²) >= 11 is 0. The average molecular weight is 312 g/mol. The molecule has 0 atom stereocenters. The second kappa shape index (κ2) is 7.06. The predicted octanol–water partition coefficient (Wildman–Crippen LogP) is 1.99. The molecule has 0 saturated carbocycles. The zero-order chi connectivity index (χ0) is 16.1. The lowest BCUT2D eigenvalue weighted by Crippen LogP contribution is -2.16. The Bertz CT molecular complexity index is 763.